The molecule has 0 aromatic carbocycles. The van der Waals surface area contributed by atoms with Gasteiger partial charge in [0.05, 0.1) is 0 Å². The fourth-order valence-electron chi connectivity index (χ4n) is 0. The third kappa shape index (κ3) is 20.5. The number of hydrogen-bond acceptors (Lipinski definition) is 0. The zero-order valence-electron chi connectivity index (χ0n) is 2.53. The maximum absolute atomic E-state index is 0. The van der Waals surface area contributed by atoms with E-state index in [2.05, 4.69) is 0 Å². The van der Waals surface area contributed by atoms with Crippen LogP contribution in [0.5, 0.6) is 0 Å². The number of rotatable bonds is 0. The first-order chi connectivity index (χ1) is 0. The molecule has 6 radical (unpaired) electrons. The smallest absolute Gasteiger partial charge is 0 e. The van der Waals surface area contributed by atoms with Crippen LogP contribution in [0.3, 0.4) is 0 Å². The van der Waals surface area contributed by atoms with Gasteiger partial charge in [-0.05, 0) is 0 Å². The molecule has 0 fully saturated rings. The van der Waals surface area contributed by atoms with Gasteiger partial charge in [0.15, 0.2) is 0 Å². The van der Waals surface area contributed by atoms with Gasteiger partial charge in [0.1, 0.15) is 0 Å². The quantitative estimate of drug-likeness (QED) is 0.465. The normalized spacial score (nSPS) is 0. The van der Waals surface area contributed by atoms with Crippen LogP contribution in [0.2, 0.25) is 0 Å². The molecule has 0 amide bonds. The van der Waals surface area contributed by atoms with E-state index in [0.717, 1.165) is 0 Å². The molecule has 0 rings (SSSR count). The van der Waals surface area contributed by atoms with Gasteiger partial charge >= 0.3 is 0 Å². The summed E-state index contributed by atoms with van der Waals surface area (Å²) >= 11 is 0. The molecule has 0 atom stereocenters. The monoisotopic (exact) mass is 214 g/mol. The van der Waals surface area contributed by atoms with Crippen LogP contribution in [0.1, 0.15) is 0 Å². The first-order valence-electron chi connectivity index (χ1n) is 0. The molecule has 0 unspecified atom stereocenters. The maximum atomic E-state index is 0. The van der Waals surface area contributed by atoms with Gasteiger partial charge in [0.2, 0.25) is 0 Å². The predicted molar refractivity (Wildman–Crippen MR) is 11.5 cm³/mol. The molecule has 0 aliphatic rings. The molecule has 0 aromatic rings. The molecule has 0 saturated heterocycles. The average Bonchev–Trinajstić information content (AvgIpc) is 0. The van der Waals surface area contributed by atoms with Crippen molar-refractivity contribution < 1.29 is 50.3 Å². The fraction of sp³-hybridized carbons (Fsp3) is 0. The Balaban J connectivity index is 0. The Morgan fingerprint density at radius 3 is 1.00 bits per heavy atom. The van der Waals surface area contributed by atoms with E-state index in [0.29, 0.717) is 0 Å². The van der Waals surface area contributed by atoms with E-state index in [9.17, 15) is 0 Å². The van der Waals surface area contributed by atoms with E-state index in [1.807, 2.05) is 0 Å². The van der Waals surface area contributed by atoms with Crippen LogP contribution in [0.4, 0.5) is 0 Å². The summed E-state index contributed by atoms with van der Waals surface area (Å²) in [5, 5.41) is 0. The summed E-state index contributed by atoms with van der Waals surface area (Å²) in [4.78, 5) is 0. The zero-order chi connectivity index (χ0) is 0. The summed E-state index contributed by atoms with van der Waals surface area (Å²) in [6.45, 7) is 0. The van der Waals surface area contributed by atoms with Crippen LogP contribution >= 0.6 is 0 Å². The van der Waals surface area contributed by atoms with Crippen molar-refractivity contribution in [2.45, 2.75) is 0 Å². The van der Waals surface area contributed by atoms with Crippen molar-refractivity contribution in [2.24, 2.45) is 0 Å². The summed E-state index contributed by atoms with van der Waals surface area (Å²) in [5.74, 6) is 0. The van der Waals surface area contributed by atoms with Crippen LogP contribution in [0.15, 0.2) is 0 Å². The third-order valence-corrected chi connectivity index (χ3v) is 0. The minimum atomic E-state index is 0. The average molecular weight is 215 g/mol. The SMILES string of the molecule is [Al].[Co].[Cu].[Li].[Ni]. The molecule has 0 N–H and O–H groups in total. The predicted octanol–water partition coefficient (Wildman–Crippen LogP) is -0.769. The molecule has 0 nitrogen and oxygen atoms in total. The molecule has 0 spiro atoms. The standard InChI is InChI=1S/Al.Co.Cu.Li.Ni. The van der Waals surface area contributed by atoms with Gasteiger partial charge in [-0.1, -0.05) is 0 Å². The molecular weight excluding hydrogens is 215 g/mol. The molecule has 0 aliphatic carbocycles. The van der Waals surface area contributed by atoms with Crippen molar-refractivity contribution >= 4 is 36.2 Å². The first kappa shape index (κ1) is 48.2. The van der Waals surface area contributed by atoms with Gasteiger partial charge in [0.25, 0.3) is 0 Å². The Morgan fingerprint density at radius 2 is 1.00 bits per heavy atom. The van der Waals surface area contributed by atoms with E-state index in [-0.39, 0.29) is 86.6 Å². The van der Waals surface area contributed by atoms with Crippen LogP contribution in [0, 0.1) is 0 Å². The van der Waals surface area contributed by atoms with Crippen LogP contribution < -0.4 is 0 Å². The summed E-state index contributed by atoms with van der Waals surface area (Å²) < 4.78 is 0. The third-order valence-electron chi connectivity index (χ3n) is 0. The largest absolute Gasteiger partial charge is 0 e. The van der Waals surface area contributed by atoms with Crippen LogP contribution in [-0.2, 0) is 50.3 Å². The minimum Gasteiger partial charge on any atom is 0 e. The second kappa shape index (κ2) is 30.2. The Morgan fingerprint density at radius 1 is 1.00 bits per heavy atom. The van der Waals surface area contributed by atoms with E-state index in [1.54, 1.807) is 0 Å². The second-order valence-corrected chi connectivity index (χ2v) is 0. The van der Waals surface area contributed by atoms with Crippen molar-refractivity contribution in [3.63, 3.8) is 0 Å². The molecule has 0 saturated carbocycles. The molecule has 0 aliphatic heterocycles. The molecule has 5 heavy (non-hydrogen) atoms. The maximum Gasteiger partial charge on any atom is 0 e. The van der Waals surface area contributed by atoms with Crippen molar-refractivity contribution in [1.82, 2.24) is 0 Å². The molecule has 0 bridgehead atoms. The Hall–Kier alpha value is 2.65. The topological polar surface area (TPSA) is 0 Å². The van der Waals surface area contributed by atoms with Crippen LogP contribution in [-0.4, -0.2) is 36.2 Å². The van der Waals surface area contributed by atoms with Gasteiger partial charge in [0, 0.05) is 86.6 Å². The van der Waals surface area contributed by atoms with E-state index < -0.39 is 0 Å². The Kier molecular flexibility index (Phi) is 291. The van der Waals surface area contributed by atoms with Crippen molar-refractivity contribution in [1.29, 1.82) is 0 Å². The van der Waals surface area contributed by atoms with E-state index in [1.165, 1.54) is 0 Å². The van der Waals surface area contributed by atoms with Gasteiger partial charge in [-0.2, -0.15) is 0 Å². The van der Waals surface area contributed by atoms with Gasteiger partial charge < -0.3 is 0 Å². The van der Waals surface area contributed by atoms with Crippen molar-refractivity contribution in [3.8, 4) is 0 Å². The van der Waals surface area contributed by atoms with Crippen molar-refractivity contribution in [3.05, 3.63) is 0 Å². The molecule has 34 valence electrons. The van der Waals surface area contributed by atoms with Gasteiger partial charge in [-0.3, -0.25) is 0 Å². The summed E-state index contributed by atoms with van der Waals surface area (Å²) in [5.41, 5.74) is 0. The summed E-state index contributed by atoms with van der Waals surface area (Å²) in [7, 11) is 0. The van der Waals surface area contributed by atoms with Crippen LogP contribution in [0.25, 0.3) is 0 Å². The Labute approximate surface area is 85.5 Å². The fourth-order valence-corrected chi connectivity index (χ4v) is 0. The molecule has 5 heteroatoms. The molecule has 0 heterocycles. The molecular formula is AlCoCuLiNi. The summed E-state index contributed by atoms with van der Waals surface area (Å²) in [6, 6.07) is 0. The van der Waals surface area contributed by atoms with Gasteiger partial charge in [-0.15, -0.1) is 0 Å². The zero-order valence-corrected chi connectivity index (χ0v) is 6.65. The van der Waals surface area contributed by atoms with Gasteiger partial charge in [-0.25, -0.2) is 0 Å². The second-order valence-electron chi connectivity index (χ2n) is 0. The van der Waals surface area contributed by atoms with E-state index >= 15 is 0 Å². The Bertz CT molecular complexity index is 11.6. The minimum absolute atomic E-state index is 0. The van der Waals surface area contributed by atoms with E-state index in [4.69, 9.17) is 0 Å². The first-order valence-corrected chi connectivity index (χ1v) is 0. The summed E-state index contributed by atoms with van der Waals surface area (Å²) in [6.07, 6.45) is 0. The molecule has 0 aromatic heterocycles. The van der Waals surface area contributed by atoms with Crippen molar-refractivity contribution in [2.75, 3.05) is 0 Å². The number of hydrogen-bond donors (Lipinski definition) is 0.